The van der Waals surface area contributed by atoms with Gasteiger partial charge >= 0.3 is 0 Å². The number of thiophene rings is 1. The monoisotopic (exact) mass is 316 g/mol. The van der Waals surface area contributed by atoms with E-state index in [1.807, 2.05) is 6.07 Å². The zero-order valence-corrected chi connectivity index (χ0v) is 12.3. The van der Waals surface area contributed by atoms with Crippen LogP contribution in [0.15, 0.2) is 28.8 Å². The standard InChI is InChI=1S/C14H12N4O3S/c15-14(4-1-5-14)13-16-12(21-17-13)11-7-8-6-9(18(19)20)2-3-10(8)22-11/h2-3,6-7H,1,4-5,15H2. The number of non-ortho nitro benzene ring substituents is 1. The third kappa shape index (κ3) is 1.99. The van der Waals surface area contributed by atoms with Gasteiger partial charge in [-0.2, -0.15) is 4.98 Å². The van der Waals surface area contributed by atoms with E-state index in [2.05, 4.69) is 10.1 Å². The summed E-state index contributed by atoms with van der Waals surface area (Å²) in [6.07, 6.45) is 2.81. The summed E-state index contributed by atoms with van der Waals surface area (Å²) < 4.78 is 6.25. The molecular formula is C14H12N4O3S. The Hall–Kier alpha value is -2.32. The second-order valence-electron chi connectivity index (χ2n) is 5.52. The van der Waals surface area contributed by atoms with Crippen LogP contribution in [-0.4, -0.2) is 15.1 Å². The third-order valence-corrected chi connectivity index (χ3v) is 5.14. The lowest BCUT2D eigenvalue weighted by molar-refractivity contribution is -0.384. The van der Waals surface area contributed by atoms with Crippen LogP contribution < -0.4 is 5.73 Å². The topological polar surface area (TPSA) is 108 Å². The molecule has 8 heteroatoms. The molecule has 22 heavy (non-hydrogen) atoms. The molecule has 4 rings (SSSR count). The maximum Gasteiger partial charge on any atom is 0.270 e. The fourth-order valence-corrected chi connectivity index (χ4v) is 3.52. The van der Waals surface area contributed by atoms with E-state index in [4.69, 9.17) is 10.3 Å². The van der Waals surface area contributed by atoms with Crippen molar-refractivity contribution in [1.29, 1.82) is 0 Å². The summed E-state index contributed by atoms with van der Waals surface area (Å²) in [5, 5.41) is 15.6. The van der Waals surface area contributed by atoms with Gasteiger partial charge in [-0.05, 0) is 31.4 Å². The minimum Gasteiger partial charge on any atom is -0.333 e. The first kappa shape index (κ1) is 13.4. The Morgan fingerprint density at radius 1 is 1.36 bits per heavy atom. The van der Waals surface area contributed by atoms with Gasteiger partial charge in [0.15, 0.2) is 5.82 Å². The van der Waals surface area contributed by atoms with Crippen molar-refractivity contribution in [2.75, 3.05) is 0 Å². The second-order valence-corrected chi connectivity index (χ2v) is 6.61. The summed E-state index contributed by atoms with van der Waals surface area (Å²) in [7, 11) is 0. The molecule has 1 fully saturated rings. The van der Waals surface area contributed by atoms with Gasteiger partial charge in [-0.3, -0.25) is 10.1 Å². The largest absolute Gasteiger partial charge is 0.333 e. The van der Waals surface area contributed by atoms with Crippen LogP contribution in [0, 0.1) is 10.1 Å². The van der Waals surface area contributed by atoms with Crippen LogP contribution in [0.5, 0.6) is 0 Å². The van der Waals surface area contributed by atoms with Crippen LogP contribution in [0.4, 0.5) is 5.69 Å². The molecule has 2 N–H and O–H groups in total. The highest BCUT2D eigenvalue weighted by molar-refractivity contribution is 7.22. The highest BCUT2D eigenvalue weighted by atomic mass is 32.1. The van der Waals surface area contributed by atoms with E-state index in [1.54, 1.807) is 12.1 Å². The Bertz CT molecular complexity index is 881. The van der Waals surface area contributed by atoms with Crippen molar-refractivity contribution in [2.45, 2.75) is 24.8 Å². The Labute approximate surface area is 128 Å². The minimum atomic E-state index is -0.461. The maximum atomic E-state index is 10.8. The van der Waals surface area contributed by atoms with E-state index in [0.29, 0.717) is 11.7 Å². The SMILES string of the molecule is NC1(c2noc(-c3cc4cc([N+](=O)[O-])ccc4s3)n2)CCC1. The van der Waals surface area contributed by atoms with Crippen molar-refractivity contribution in [1.82, 2.24) is 10.1 Å². The number of benzene rings is 1. The second kappa shape index (κ2) is 4.59. The first-order chi connectivity index (χ1) is 10.5. The van der Waals surface area contributed by atoms with Crippen LogP contribution in [0.1, 0.15) is 25.1 Å². The average Bonchev–Trinajstić information content (AvgIpc) is 3.10. The first-order valence-electron chi connectivity index (χ1n) is 6.87. The van der Waals surface area contributed by atoms with Crippen molar-refractivity contribution in [3.63, 3.8) is 0 Å². The van der Waals surface area contributed by atoms with Gasteiger partial charge < -0.3 is 10.3 Å². The average molecular weight is 316 g/mol. The number of fused-ring (bicyclic) bond motifs is 1. The normalized spacial score (nSPS) is 16.6. The van der Waals surface area contributed by atoms with Gasteiger partial charge in [0, 0.05) is 22.2 Å². The molecule has 0 unspecified atom stereocenters. The van der Waals surface area contributed by atoms with E-state index in [9.17, 15) is 10.1 Å². The lowest BCUT2D eigenvalue weighted by Gasteiger charge is -2.34. The molecule has 0 bridgehead atoms. The van der Waals surface area contributed by atoms with Gasteiger partial charge in [0.25, 0.3) is 11.6 Å². The van der Waals surface area contributed by atoms with Gasteiger partial charge in [0.05, 0.1) is 15.3 Å². The van der Waals surface area contributed by atoms with E-state index in [-0.39, 0.29) is 5.69 Å². The van der Waals surface area contributed by atoms with Crippen molar-refractivity contribution in [3.05, 3.63) is 40.2 Å². The quantitative estimate of drug-likeness (QED) is 0.587. The predicted octanol–water partition coefficient (Wildman–Crippen LogP) is 3.20. The van der Waals surface area contributed by atoms with E-state index < -0.39 is 10.5 Å². The van der Waals surface area contributed by atoms with E-state index in [1.165, 1.54) is 17.4 Å². The molecule has 2 aromatic heterocycles. The minimum absolute atomic E-state index is 0.0680. The van der Waals surface area contributed by atoms with Gasteiger partial charge in [-0.25, -0.2) is 0 Å². The number of nitro benzene ring substituents is 1. The van der Waals surface area contributed by atoms with E-state index in [0.717, 1.165) is 34.2 Å². The molecule has 7 nitrogen and oxygen atoms in total. The Morgan fingerprint density at radius 3 is 2.86 bits per heavy atom. The van der Waals surface area contributed by atoms with Crippen LogP contribution >= 0.6 is 11.3 Å². The zero-order valence-electron chi connectivity index (χ0n) is 11.5. The molecule has 1 aromatic carbocycles. The molecule has 1 saturated carbocycles. The molecule has 0 amide bonds. The molecule has 1 aliphatic rings. The van der Waals surface area contributed by atoms with Gasteiger partial charge in [-0.15, -0.1) is 11.3 Å². The van der Waals surface area contributed by atoms with Crippen molar-refractivity contribution >= 4 is 27.1 Å². The molecule has 2 heterocycles. The zero-order chi connectivity index (χ0) is 15.3. The number of rotatable bonds is 3. The number of nitrogens with zero attached hydrogens (tertiary/aromatic N) is 3. The third-order valence-electron chi connectivity index (χ3n) is 4.04. The predicted molar refractivity (Wildman–Crippen MR) is 81.5 cm³/mol. The molecule has 0 atom stereocenters. The summed E-state index contributed by atoms with van der Waals surface area (Å²) in [6.45, 7) is 0. The summed E-state index contributed by atoms with van der Waals surface area (Å²) in [6, 6.07) is 6.59. The highest BCUT2D eigenvalue weighted by Crippen LogP contribution is 2.39. The fraction of sp³-hybridized carbons (Fsp3) is 0.286. The molecule has 0 aliphatic heterocycles. The Morgan fingerprint density at radius 2 is 2.18 bits per heavy atom. The summed E-state index contributed by atoms with van der Waals surface area (Å²) in [4.78, 5) is 15.6. The van der Waals surface area contributed by atoms with Gasteiger partial charge in [0.1, 0.15) is 0 Å². The first-order valence-corrected chi connectivity index (χ1v) is 7.68. The summed E-state index contributed by atoms with van der Waals surface area (Å²) in [5.74, 6) is 0.952. The molecule has 112 valence electrons. The van der Waals surface area contributed by atoms with Crippen molar-refractivity contribution in [3.8, 4) is 10.8 Å². The molecule has 3 aromatic rings. The number of nitrogens with two attached hydrogens (primary N) is 1. The van der Waals surface area contributed by atoms with E-state index >= 15 is 0 Å². The fourth-order valence-electron chi connectivity index (χ4n) is 2.56. The number of aromatic nitrogens is 2. The van der Waals surface area contributed by atoms with Gasteiger partial charge in [-0.1, -0.05) is 5.16 Å². The van der Waals surface area contributed by atoms with Crippen molar-refractivity contribution in [2.24, 2.45) is 5.73 Å². The molecule has 0 saturated heterocycles. The smallest absolute Gasteiger partial charge is 0.270 e. The number of hydrogen-bond acceptors (Lipinski definition) is 7. The lowest BCUT2D eigenvalue weighted by atomic mass is 9.77. The van der Waals surface area contributed by atoms with Crippen LogP contribution in [-0.2, 0) is 5.54 Å². The van der Waals surface area contributed by atoms with Crippen LogP contribution in [0.3, 0.4) is 0 Å². The molecule has 0 spiro atoms. The summed E-state index contributed by atoms with van der Waals surface area (Å²) >= 11 is 1.46. The molecule has 0 radical (unpaired) electrons. The van der Waals surface area contributed by atoms with Gasteiger partial charge in [0.2, 0.25) is 0 Å². The molecule has 1 aliphatic carbocycles. The Balaban J connectivity index is 1.73. The molecular weight excluding hydrogens is 304 g/mol. The highest BCUT2D eigenvalue weighted by Gasteiger charge is 2.39. The van der Waals surface area contributed by atoms with Crippen LogP contribution in [0.2, 0.25) is 0 Å². The summed E-state index contributed by atoms with van der Waals surface area (Å²) in [5.41, 5.74) is 5.79. The van der Waals surface area contributed by atoms with Crippen molar-refractivity contribution < 1.29 is 9.45 Å². The maximum absolute atomic E-state index is 10.8. The lowest BCUT2D eigenvalue weighted by Crippen LogP contribution is -2.44. The number of nitro groups is 1. The Kier molecular flexibility index (Phi) is 2.78. The van der Waals surface area contributed by atoms with Crippen LogP contribution in [0.25, 0.3) is 20.9 Å². The number of hydrogen-bond donors (Lipinski definition) is 1.